The molecule has 1 aliphatic rings. The number of aliphatic hydroxyl groups excluding tert-OH is 1. The van der Waals surface area contributed by atoms with E-state index in [0.717, 1.165) is 27.7 Å². The Morgan fingerprint density at radius 1 is 1.05 bits per heavy atom. The summed E-state index contributed by atoms with van der Waals surface area (Å²) in [6.45, 7) is 1.11. The van der Waals surface area contributed by atoms with Gasteiger partial charge in [0.05, 0.1) is 19.8 Å². The van der Waals surface area contributed by atoms with E-state index in [1.807, 2.05) is 18.2 Å². The monoisotopic (exact) mass is 306 g/mol. The van der Waals surface area contributed by atoms with Crippen molar-refractivity contribution in [2.45, 2.75) is 22.8 Å². The van der Waals surface area contributed by atoms with Crippen LogP contribution >= 0.6 is 11.8 Å². The number of benzene rings is 2. The van der Waals surface area contributed by atoms with Crippen molar-refractivity contribution >= 4 is 11.8 Å². The smallest absolute Gasteiger partial charge is 0.162 e. The van der Waals surface area contributed by atoms with Gasteiger partial charge in [0.2, 0.25) is 0 Å². The first-order valence-electron chi connectivity index (χ1n) is 6.73. The average Bonchev–Trinajstić information content (AvgIpc) is 2.74. The minimum Gasteiger partial charge on any atom is -0.490 e. The predicted octanol–water partition coefficient (Wildman–Crippen LogP) is 3.63. The molecule has 3 rings (SSSR count). The van der Waals surface area contributed by atoms with Crippen molar-refractivity contribution in [3.63, 3.8) is 0 Å². The number of fused-ring (bicyclic) bond motifs is 1. The van der Waals surface area contributed by atoms with Gasteiger partial charge in [0, 0.05) is 16.2 Å². The highest BCUT2D eigenvalue weighted by molar-refractivity contribution is 7.99. The molecule has 0 unspecified atom stereocenters. The van der Waals surface area contributed by atoms with E-state index in [0.29, 0.717) is 18.8 Å². The second-order valence-electron chi connectivity index (χ2n) is 4.67. The minimum atomic E-state index is -0.345. The molecule has 2 aromatic carbocycles. The van der Waals surface area contributed by atoms with Crippen LogP contribution in [-0.2, 0) is 6.61 Å². The van der Waals surface area contributed by atoms with Crippen LogP contribution in [0.4, 0.5) is 4.39 Å². The van der Waals surface area contributed by atoms with Crippen molar-refractivity contribution in [2.24, 2.45) is 0 Å². The summed E-state index contributed by atoms with van der Waals surface area (Å²) in [7, 11) is 0. The van der Waals surface area contributed by atoms with Gasteiger partial charge in [0.1, 0.15) is 5.82 Å². The van der Waals surface area contributed by atoms with Crippen LogP contribution in [0.5, 0.6) is 11.5 Å². The van der Waals surface area contributed by atoms with Crippen LogP contribution in [0.1, 0.15) is 12.0 Å². The molecule has 0 amide bonds. The van der Waals surface area contributed by atoms with E-state index in [4.69, 9.17) is 9.47 Å². The standard InChI is InChI=1S/C16H15FO3S/c17-12-2-5-16(11(8-12)10-18)21-13-3-4-14-15(9-13)20-7-1-6-19-14/h2-5,8-9,18H,1,6-7,10H2. The first-order chi connectivity index (χ1) is 10.3. The molecule has 1 N–H and O–H groups in total. The summed E-state index contributed by atoms with van der Waals surface area (Å²) < 4.78 is 24.4. The third kappa shape index (κ3) is 3.31. The van der Waals surface area contributed by atoms with Crippen LogP contribution in [0.25, 0.3) is 0 Å². The zero-order chi connectivity index (χ0) is 14.7. The van der Waals surface area contributed by atoms with Crippen LogP contribution in [0.15, 0.2) is 46.2 Å². The summed E-state index contributed by atoms with van der Waals surface area (Å²) >= 11 is 1.46. The highest BCUT2D eigenvalue weighted by atomic mass is 32.2. The Hall–Kier alpha value is -1.72. The first-order valence-corrected chi connectivity index (χ1v) is 7.55. The fourth-order valence-corrected chi connectivity index (χ4v) is 3.05. The summed E-state index contributed by atoms with van der Waals surface area (Å²) in [5.74, 6) is 1.13. The van der Waals surface area contributed by atoms with Gasteiger partial charge in [-0.3, -0.25) is 0 Å². The van der Waals surface area contributed by atoms with Crippen LogP contribution in [0, 0.1) is 5.82 Å². The average molecular weight is 306 g/mol. The minimum absolute atomic E-state index is 0.190. The predicted molar refractivity (Wildman–Crippen MR) is 78.5 cm³/mol. The third-order valence-corrected chi connectivity index (χ3v) is 4.25. The quantitative estimate of drug-likeness (QED) is 0.940. The molecule has 0 radical (unpaired) electrons. The number of hydrogen-bond donors (Lipinski definition) is 1. The van der Waals surface area contributed by atoms with E-state index in [2.05, 4.69) is 0 Å². The van der Waals surface area contributed by atoms with E-state index in [1.165, 1.54) is 23.9 Å². The molecule has 0 bridgehead atoms. The molecule has 0 aromatic heterocycles. The summed E-state index contributed by atoms with van der Waals surface area (Å²) in [6.07, 6.45) is 0.865. The van der Waals surface area contributed by atoms with Gasteiger partial charge in [0.15, 0.2) is 11.5 Å². The summed E-state index contributed by atoms with van der Waals surface area (Å²) in [5.41, 5.74) is 0.576. The normalized spacial score (nSPS) is 13.8. The summed E-state index contributed by atoms with van der Waals surface area (Å²) in [5, 5.41) is 9.33. The lowest BCUT2D eigenvalue weighted by atomic mass is 10.2. The van der Waals surface area contributed by atoms with Crippen LogP contribution in [-0.4, -0.2) is 18.3 Å². The van der Waals surface area contributed by atoms with E-state index >= 15 is 0 Å². The van der Waals surface area contributed by atoms with E-state index in [-0.39, 0.29) is 12.4 Å². The van der Waals surface area contributed by atoms with Gasteiger partial charge in [-0.25, -0.2) is 4.39 Å². The second kappa shape index (κ2) is 6.37. The fraction of sp³-hybridized carbons (Fsp3) is 0.250. The Bertz CT molecular complexity index is 645. The molecule has 21 heavy (non-hydrogen) atoms. The van der Waals surface area contributed by atoms with Crippen molar-refractivity contribution in [3.8, 4) is 11.5 Å². The van der Waals surface area contributed by atoms with Crippen molar-refractivity contribution in [3.05, 3.63) is 47.8 Å². The van der Waals surface area contributed by atoms with Crippen LogP contribution in [0.3, 0.4) is 0 Å². The highest BCUT2D eigenvalue weighted by Crippen LogP contribution is 2.37. The van der Waals surface area contributed by atoms with Gasteiger partial charge in [-0.1, -0.05) is 11.8 Å². The topological polar surface area (TPSA) is 38.7 Å². The lowest BCUT2D eigenvalue weighted by Gasteiger charge is -2.11. The van der Waals surface area contributed by atoms with Crippen molar-refractivity contribution in [1.29, 1.82) is 0 Å². The van der Waals surface area contributed by atoms with Crippen molar-refractivity contribution in [1.82, 2.24) is 0 Å². The van der Waals surface area contributed by atoms with Crippen molar-refractivity contribution in [2.75, 3.05) is 13.2 Å². The molecule has 110 valence electrons. The van der Waals surface area contributed by atoms with Gasteiger partial charge in [-0.2, -0.15) is 0 Å². The number of ether oxygens (including phenoxy) is 2. The molecule has 0 saturated carbocycles. The molecule has 0 saturated heterocycles. The molecule has 1 heterocycles. The molecule has 3 nitrogen and oxygen atoms in total. The Kier molecular flexibility index (Phi) is 4.31. The first kappa shape index (κ1) is 14.2. The second-order valence-corrected chi connectivity index (χ2v) is 5.79. The van der Waals surface area contributed by atoms with E-state index in [1.54, 1.807) is 6.07 Å². The SMILES string of the molecule is OCc1cc(F)ccc1Sc1ccc2c(c1)OCCCO2. The lowest BCUT2D eigenvalue weighted by molar-refractivity contribution is 0.278. The van der Waals surface area contributed by atoms with Gasteiger partial charge in [-0.15, -0.1) is 0 Å². The summed E-state index contributed by atoms with van der Waals surface area (Å²) in [4.78, 5) is 1.79. The Morgan fingerprint density at radius 3 is 2.67 bits per heavy atom. The van der Waals surface area contributed by atoms with Gasteiger partial charge in [0.25, 0.3) is 0 Å². The number of halogens is 1. The van der Waals surface area contributed by atoms with E-state index < -0.39 is 0 Å². The zero-order valence-corrected chi connectivity index (χ0v) is 12.2. The number of rotatable bonds is 3. The Morgan fingerprint density at radius 2 is 1.86 bits per heavy atom. The van der Waals surface area contributed by atoms with Crippen LogP contribution < -0.4 is 9.47 Å². The maximum absolute atomic E-state index is 13.2. The Balaban J connectivity index is 1.87. The van der Waals surface area contributed by atoms with E-state index in [9.17, 15) is 9.50 Å². The molecule has 5 heteroatoms. The molecule has 0 spiro atoms. The molecule has 0 fully saturated rings. The third-order valence-electron chi connectivity index (χ3n) is 3.14. The van der Waals surface area contributed by atoms with Gasteiger partial charge >= 0.3 is 0 Å². The van der Waals surface area contributed by atoms with Gasteiger partial charge in [-0.05, 0) is 42.0 Å². The fourth-order valence-electron chi connectivity index (χ4n) is 2.11. The largest absolute Gasteiger partial charge is 0.490 e. The molecular formula is C16H15FO3S. The number of hydrogen-bond acceptors (Lipinski definition) is 4. The molecule has 0 aliphatic carbocycles. The Labute approximate surface area is 126 Å². The maximum atomic E-state index is 13.2. The lowest BCUT2D eigenvalue weighted by Crippen LogP contribution is -1.97. The zero-order valence-electron chi connectivity index (χ0n) is 11.3. The molecule has 1 aliphatic heterocycles. The summed E-state index contributed by atoms with van der Waals surface area (Å²) in [6, 6.07) is 10.1. The molecular weight excluding hydrogens is 291 g/mol. The van der Waals surface area contributed by atoms with Gasteiger partial charge < -0.3 is 14.6 Å². The number of aliphatic hydroxyl groups is 1. The van der Waals surface area contributed by atoms with Crippen molar-refractivity contribution < 1.29 is 19.0 Å². The molecule has 2 aromatic rings. The maximum Gasteiger partial charge on any atom is 0.162 e. The highest BCUT2D eigenvalue weighted by Gasteiger charge is 2.12. The molecule has 0 atom stereocenters. The van der Waals surface area contributed by atoms with Crippen LogP contribution in [0.2, 0.25) is 0 Å².